The zero-order valence-corrected chi connectivity index (χ0v) is 10.9. The van der Waals surface area contributed by atoms with Gasteiger partial charge in [0, 0.05) is 17.8 Å². The molecular formula is C13H14N2O4. The summed E-state index contributed by atoms with van der Waals surface area (Å²) in [6.07, 6.45) is 0. The molecule has 100 valence electrons. The molecule has 0 aliphatic carbocycles. The minimum atomic E-state index is -1.04. The van der Waals surface area contributed by atoms with Crippen LogP contribution in [0.15, 0.2) is 21.5 Å². The van der Waals surface area contributed by atoms with E-state index in [1.54, 1.807) is 26.8 Å². The molecule has 0 bridgehead atoms. The molecule has 2 aromatic heterocycles. The smallest absolute Gasteiger partial charge is 0.337 e. The Bertz CT molecular complexity index is 697. The lowest BCUT2D eigenvalue weighted by Gasteiger charge is -2.12. The minimum absolute atomic E-state index is 0.149. The van der Waals surface area contributed by atoms with Gasteiger partial charge in [-0.1, -0.05) is 5.16 Å². The highest BCUT2D eigenvalue weighted by Crippen LogP contribution is 2.13. The lowest BCUT2D eigenvalue weighted by molar-refractivity contribution is 0.0694. The highest BCUT2D eigenvalue weighted by atomic mass is 16.5. The summed E-state index contributed by atoms with van der Waals surface area (Å²) in [5.74, 6) is -0.527. The first-order chi connectivity index (χ1) is 8.90. The largest absolute Gasteiger partial charge is 0.478 e. The van der Waals surface area contributed by atoms with Crippen LogP contribution < -0.4 is 5.56 Å². The third kappa shape index (κ3) is 2.42. The monoisotopic (exact) mass is 262 g/mol. The summed E-state index contributed by atoms with van der Waals surface area (Å²) >= 11 is 0. The molecule has 0 radical (unpaired) electrons. The van der Waals surface area contributed by atoms with Gasteiger partial charge in [0.1, 0.15) is 0 Å². The first-order valence-electron chi connectivity index (χ1n) is 5.76. The van der Waals surface area contributed by atoms with Crippen LogP contribution in [0.5, 0.6) is 0 Å². The molecule has 0 saturated heterocycles. The van der Waals surface area contributed by atoms with E-state index in [9.17, 15) is 14.7 Å². The molecule has 2 heterocycles. The van der Waals surface area contributed by atoms with Crippen LogP contribution in [0.4, 0.5) is 0 Å². The number of aromatic nitrogens is 2. The summed E-state index contributed by atoms with van der Waals surface area (Å²) in [4.78, 5) is 23.2. The quantitative estimate of drug-likeness (QED) is 0.906. The first-order valence-corrected chi connectivity index (χ1v) is 5.76. The molecule has 2 rings (SSSR count). The second kappa shape index (κ2) is 4.72. The van der Waals surface area contributed by atoms with Crippen molar-refractivity contribution in [1.82, 2.24) is 9.72 Å². The van der Waals surface area contributed by atoms with E-state index >= 15 is 0 Å². The number of rotatable bonds is 3. The highest BCUT2D eigenvalue weighted by Gasteiger charge is 2.16. The van der Waals surface area contributed by atoms with Gasteiger partial charge in [-0.2, -0.15) is 0 Å². The number of pyridine rings is 1. The average molecular weight is 262 g/mol. The molecule has 0 atom stereocenters. The number of carboxylic acid groups (broad SMARTS) is 1. The van der Waals surface area contributed by atoms with E-state index in [4.69, 9.17) is 4.52 Å². The second-order valence-corrected chi connectivity index (χ2v) is 4.45. The molecule has 0 aliphatic rings. The molecule has 0 aromatic carbocycles. The maximum atomic E-state index is 12.0. The molecule has 0 saturated carbocycles. The Balaban J connectivity index is 2.54. The van der Waals surface area contributed by atoms with Crippen LogP contribution in [0.25, 0.3) is 0 Å². The molecule has 6 heteroatoms. The lowest BCUT2D eigenvalue weighted by atomic mass is 10.1. The normalized spacial score (nSPS) is 10.7. The Hall–Kier alpha value is -2.37. The maximum Gasteiger partial charge on any atom is 0.337 e. The van der Waals surface area contributed by atoms with Gasteiger partial charge in [-0.05, 0) is 26.3 Å². The fraction of sp³-hybridized carbons (Fsp3) is 0.308. The zero-order valence-electron chi connectivity index (χ0n) is 10.9. The van der Waals surface area contributed by atoms with Crippen LogP contribution in [0.1, 0.15) is 33.1 Å². The Morgan fingerprint density at radius 3 is 2.58 bits per heavy atom. The minimum Gasteiger partial charge on any atom is -0.478 e. The van der Waals surface area contributed by atoms with Crippen molar-refractivity contribution in [2.75, 3.05) is 0 Å². The van der Waals surface area contributed by atoms with E-state index < -0.39 is 5.97 Å². The van der Waals surface area contributed by atoms with Gasteiger partial charge in [0.15, 0.2) is 5.76 Å². The molecular weight excluding hydrogens is 248 g/mol. The SMILES string of the molecule is Cc1cc(Cn2c(C)c(C(=O)O)c(C)cc2=O)on1. The molecule has 19 heavy (non-hydrogen) atoms. The van der Waals surface area contributed by atoms with Crippen LogP contribution in [-0.4, -0.2) is 20.8 Å². The predicted molar refractivity (Wildman–Crippen MR) is 67.5 cm³/mol. The molecule has 0 aliphatic heterocycles. The Kier molecular flexibility index (Phi) is 3.25. The zero-order chi connectivity index (χ0) is 14.2. The third-order valence-electron chi connectivity index (χ3n) is 2.97. The van der Waals surface area contributed by atoms with Crippen molar-refractivity contribution in [3.05, 3.63) is 50.8 Å². The standard InChI is InChI=1S/C13H14N2O4/c1-7-4-11(16)15(9(3)12(7)13(17)18)6-10-5-8(2)14-19-10/h4-5H,6H2,1-3H3,(H,17,18). The summed E-state index contributed by atoms with van der Waals surface area (Å²) in [6.45, 7) is 5.17. The number of aryl methyl sites for hydroxylation is 2. The van der Waals surface area contributed by atoms with Crippen LogP contribution in [0.2, 0.25) is 0 Å². The Morgan fingerprint density at radius 1 is 1.37 bits per heavy atom. The molecule has 0 fully saturated rings. The summed E-state index contributed by atoms with van der Waals surface area (Å²) in [7, 11) is 0. The van der Waals surface area contributed by atoms with Crippen LogP contribution in [0.3, 0.4) is 0 Å². The number of hydrogen-bond acceptors (Lipinski definition) is 4. The van der Waals surface area contributed by atoms with E-state index in [-0.39, 0.29) is 17.7 Å². The van der Waals surface area contributed by atoms with Crippen LogP contribution in [0, 0.1) is 20.8 Å². The van der Waals surface area contributed by atoms with E-state index in [2.05, 4.69) is 5.16 Å². The number of carboxylic acids is 1. The molecule has 0 spiro atoms. The van der Waals surface area contributed by atoms with Gasteiger partial charge in [-0.15, -0.1) is 0 Å². The fourth-order valence-electron chi connectivity index (χ4n) is 2.09. The first kappa shape index (κ1) is 13.1. The van der Waals surface area contributed by atoms with E-state index in [0.717, 1.165) is 0 Å². The lowest BCUT2D eigenvalue weighted by Crippen LogP contribution is -2.25. The highest BCUT2D eigenvalue weighted by molar-refractivity contribution is 5.90. The maximum absolute atomic E-state index is 12.0. The summed E-state index contributed by atoms with van der Waals surface area (Å²) in [6, 6.07) is 3.03. The third-order valence-corrected chi connectivity index (χ3v) is 2.97. The van der Waals surface area contributed by atoms with Crippen molar-refractivity contribution >= 4 is 5.97 Å². The number of nitrogens with zero attached hydrogens (tertiary/aromatic N) is 2. The van der Waals surface area contributed by atoms with Gasteiger partial charge >= 0.3 is 5.97 Å². The molecule has 0 unspecified atom stereocenters. The Labute approximate surface area is 109 Å². The van der Waals surface area contributed by atoms with Crippen LogP contribution in [-0.2, 0) is 6.54 Å². The van der Waals surface area contributed by atoms with Gasteiger partial charge in [-0.25, -0.2) is 4.79 Å². The van der Waals surface area contributed by atoms with Crippen LogP contribution >= 0.6 is 0 Å². The van der Waals surface area contributed by atoms with Crippen molar-refractivity contribution in [1.29, 1.82) is 0 Å². The van der Waals surface area contributed by atoms with Gasteiger partial charge in [0.05, 0.1) is 17.8 Å². The summed E-state index contributed by atoms with van der Waals surface area (Å²) in [5, 5.41) is 12.9. The topological polar surface area (TPSA) is 85.3 Å². The number of aromatic carboxylic acids is 1. The number of hydrogen-bond donors (Lipinski definition) is 1. The second-order valence-electron chi connectivity index (χ2n) is 4.45. The molecule has 6 nitrogen and oxygen atoms in total. The summed E-state index contributed by atoms with van der Waals surface area (Å²) < 4.78 is 6.42. The summed E-state index contributed by atoms with van der Waals surface area (Å²) in [5.41, 5.74) is 1.47. The van der Waals surface area contributed by atoms with Crippen molar-refractivity contribution in [2.45, 2.75) is 27.3 Å². The molecule has 0 amide bonds. The van der Waals surface area contributed by atoms with Gasteiger partial charge < -0.3 is 14.2 Å². The fourth-order valence-corrected chi connectivity index (χ4v) is 2.09. The predicted octanol–water partition coefficient (Wildman–Crippen LogP) is 1.51. The van der Waals surface area contributed by atoms with Gasteiger partial charge in [0.2, 0.25) is 0 Å². The van der Waals surface area contributed by atoms with Crippen molar-refractivity contribution < 1.29 is 14.4 Å². The van der Waals surface area contributed by atoms with E-state index in [1.165, 1.54) is 10.6 Å². The molecule has 2 aromatic rings. The average Bonchev–Trinajstić information content (AvgIpc) is 2.69. The molecule has 1 N–H and O–H groups in total. The van der Waals surface area contributed by atoms with E-state index in [0.29, 0.717) is 22.7 Å². The van der Waals surface area contributed by atoms with Gasteiger partial charge in [-0.3, -0.25) is 4.79 Å². The van der Waals surface area contributed by atoms with Crippen molar-refractivity contribution in [3.8, 4) is 0 Å². The van der Waals surface area contributed by atoms with E-state index in [1.807, 2.05) is 0 Å². The van der Waals surface area contributed by atoms with Crippen molar-refractivity contribution in [3.63, 3.8) is 0 Å². The van der Waals surface area contributed by atoms with Gasteiger partial charge in [0.25, 0.3) is 5.56 Å². The Morgan fingerprint density at radius 2 is 2.05 bits per heavy atom. The number of carbonyl (C=O) groups is 1. The van der Waals surface area contributed by atoms with Crippen molar-refractivity contribution in [2.24, 2.45) is 0 Å².